The molecule has 4 nitrogen and oxygen atoms in total. The van der Waals surface area contributed by atoms with E-state index < -0.39 is 14.9 Å². The largest absolute Gasteiger partial charge is 0.390 e. The molecular weight excluding hydrogens is 238 g/mol. The van der Waals surface area contributed by atoms with Crippen LogP contribution in [0.4, 0.5) is 0 Å². The average molecular weight is 257 g/mol. The molecule has 0 atom stereocenters. The van der Waals surface area contributed by atoms with E-state index in [4.69, 9.17) is 0 Å². The van der Waals surface area contributed by atoms with E-state index in [0.717, 1.165) is 17.4 Å². The third kappa shape index (κ3) is 2.87. The van der Waals surface area contributed by atoms with Crippen molar-refractivity contribution in [1.29, 1.82) is 0 Å². The highest BCUT2D eigenvalue weighted by molar-refractivity contribution is 7.87. The highest BCUT2D eigenvalue weighted by Gasteiger charge is 2.38. The monoisotopic (exact) mass is 257 g/mol. The number of rotatable bonds is 4. The van der Waals surface area contributed by atoms with Gasteiger partial charge in [-0.3, -0.25) is 0 Å². The molecule has 0 amide bonds. The van der Waals surface area contributed by atoms with Gasteiger partial charge >= 0.3 is 10.1 Å². The van der Waals surface area contributed by atoms with Gasteiger partial charge in [0.2, 0.25) is 0 Å². The Balaban J connectivity index is 0.00000256. The highest BCUT2D eigenvalue weighted by atomic mass is 32.2. The van der Waals surface area contributed by atoms with E-state index in [0.29, 0.717) is 0 Å². The molecule has 96 valence electrons. The molecule has 17 heavy (non-hydrogen) atoms. The molecule has 0 fully saturated rings. The molecule has 0 spiro atoms. The van der Waals surface area contributed by atoms with Crippen LogP contribution in [-0.4, -0.2) is 8.42 Å². The van der Waals surface area contributed by atoms with Crippen LogP contribution < -0.4 is 6.15 Å². The van der Waals surface area contributed by atoms with Crippen LogP contribution in [0, 0.1) is 6.92 Å². The summed E-state index contributed by atoms with van der Waals surface area (Å²) in [4.78, 5) is 0. The van der Waals surface area contributed by atoms with E-state index >= 15 is 0 Å². The Bertz CT molecular complexity index is 492. The predicted octanol–water partition coefficient (Wildman–Crippen LogP) is 2.88. The van der Waals surface area contributed by atoms with Gasteiger partial charge in [-0.15, -0.1) is 0 Å². The van der Waals surface area contributed by atoms with E-state index in [1.54, 1.807) is 19.9 Å². The summed E-state index contributed by atoms with van der Waals surface area (Å²) < 4.78 is 27.4. The smallest absolute Gasteiger partial charge is 0.318 e. The summed E-state index contributed by atoms with van der Waals surface area (Å²) in [6, 6.07) is 7.35. The molecule has 0 radical (unpaired) electrons. The second kappa shape index (κ2) is 5.33. The van der Waals surface area contributed by atoms with Crippen molar-refractivity contribution in [1.82, 2.24) is 6.15 Å². The molecule has 1 rings (SSSR count). The molecule has 0 aliphatic rings. The van der Waals surface area contributed by atoms with Gasteiger partial charge in [-0.05, 0) is 31.9 Å². The molecule has 0 saturated carbocycles. The lowest BCUT2D eigenvalue weighted by molar-refractivity contribution is 0.413. The van der Waals surface area contributed by atoms with Gasteiger partial charge in [-0.1, -0.05) is 30.8 Å². The van der Waals surface area contributed by atoms with Crippen molar-refractivity contribution in [3.8, 4) is 0 Å². The zero-order chi connectivity index (χ0) is 12.4. The van der Waals surface area contributed by atoms with Crippen LogP contribution in [0.2, 0.25) is 0 Å². The highest BCUT2D eigenvalue weighted by Crippen LogP contribution is 2.32. The van der Waals surface area contributed by atoms with Gasteiger partial charge in [0.15, 0.2) is 0 Å². The van der Waals surface area contributed by atoms with Crippen molar-refractivity contribution in [3.05, 3.63) is 48.2 Å². The Morgan fingerprint density at radius 2 is 1.82 bits per heavy atom. The fourth-order valence-electron chi connectivity index (χ4n) is 1.59. The van der Waals surface area contributed by atoms with Gasteiger partial charge in [-0.2, -0.15) is 8.42 Å². The molecule has 0 unspecified atom stereocenters. The third-order valence-corrected chi connectivity index (χ3v) is 4.47. The zero-order valence-corrected chi connectivity index (χ0v) is 11.3. The maximum Gasteiger partial charge on any atom is 0.318 e. The van der Waals surface area contributed by atoms with Gasteiger partial charge < -0.3 is 10.3 Å². The molecule has 0 saturated heterocycles. The molecule has 0 heterocycles. The van der Waals surface area contributed by atoms with Gasteiger partial charge in [-0.25, -0.2) is 0 Å². The molecule has 1 aromatic carbocycles. The van der Waals surface area contributed by atoms with Crippen molar-refractivity contribution in [3.63, 3.8) is 0 Å². The third-order valence-electron chi connectivity index (χ3n) is 2.61. The van der Waals surface area contributed by atoms with Crippen LogP contribution in [0.1, 0.15) is 25.0 Å². The lowest BCUT2D eigenvalue weighted by atomic mass is 9.97. The molecular formula is C12H19NO3S. The maximum atomic E-state index is 11.9. The van der Waals surface area contributed by atoms with Gasteiger partial charge in [0, 0.05) is 0 Å². The first kappa shape index (κ1) is 15.7. The topological polar surface area (TPSA) is 78.4 Å². The minimum absolute atomic E-state index is 0. The second-order valence-corrected chi connectivity index (χ2v) is 6.16. The molecule has 3 N–H and O–H groups in total. The molecule has 0 bridgehead atoms. The second-order valence-electron chi connectivity index (χ2n) is 4.04. The lowest BCUT2D eigenvalue weighted by Crippen LogP contribution is -2.30. The SMILES string of the molecule is C=COS(=O)(=O)C(C)(C)c1ccccc1C.N. The summed E-state index contributed by atoms with van der Waals surface area (Å²) in [5, 5.41) is 0. The van der Waals surface area contributed by atoms with Crippen molar-refractivity contribution >= 4 is 10.1 Å². The number of hydrogen-bond donors (Lipinski definition) is 1. The Labute approximate surface area is 103 Å². The molecule has 0 aliphatic carbocycles. The summed E-state index contributed by atoms with van der Waals surface area (Å²) in [5.41, 5.74) is 1.65. The fraction of sp³-hybridized carbons (Fsp3) is 0.333. The first-order valence-electron chi connectivity index (χ1n) is 4.93. The number of benzene rings is 1. The summed E-state index contributed by atoms with van der Waals surface area (Å²) >= 11 is 0. The summed E-state index contributed by atoms with van der Waals surface area (Å²) in [6.07, 6.45) is 0.940. The predicted molar refractivity (Wildman–Crippen MR) is 69.4 cm³/mol. The summed E-state index contributed by atoms with van der Waals surface area (Å²) in [6.45, 7) is 8.39. The molecule has 0 aliphatic heterocycles. The van der Waals surface area contributed by atoms with Gasteiger partial charge in [0.05, 0.1) is 6.26 Å². The van der Waals surface area contributed by atoms with Crippen LogP contribution in [0.25, 0.3) is 0 Å². The van der Waals surface area contributed by atoms with Crippen LogP contribution in [0.15, 0.2) is 37.1 Å². The van der Waals surface area contributed by atoms with Crippen molar-refractivity contribution in [2.24, 2.45) is 0 Å². The van der Waals surface area contributed by atoms with Crippen molar-refractivity contribution in [2.45, 2.75) is 25.5 Å². The van der Waals surface area contributed by atoms with E-state index in [1.165, 1.54) is 0 Å². The Kier molecular flexibility index (Phi) is 4.92. The standard InChI is InChI=1S/C12H16O3S.H3N/c1-5-15-16(13,14)12(3,4)11-9-7-6-8-10(11)2;/h5-9H,1H2,2-4H3;1H3. The van der Waals surface area contributed by atoms with E-state index in [9.17, 15) is 8.42 Å². The molecule has 5 heteroatoms. The minimum atomic E-state index is -3.70. The lowest BCUT2D eigenvalue weighted by Gasteiger charge is -2.25. The van der Waals surface area contributed by atoms with E-state index in [-0.39, 0.29) is 6.15 Å². The normalized spacial score (nSPS) is 11.5. The number of hydrogen-bond acceptors (Lipinski definition) is 4. The van der Waals surface area contributed by atoms with Crippen molar-refractivity contribution in [2.75, 3.05) is 0 Å². The van der Waals surface area contributed by atoms with Gasteiger partial charge in [0.25, 0.3) is 0 Å². The van der Waals surface area contributed by atoms with Crippen molar-refractivity contribution < 1.29 is 12.6 Å². The minimum Gasteiger partial charge on any atom is -0.390 e. The number of aryl methyl sites for hydroxylation is 1. The zero-order valence-electron chi connectivity index (χ0n) is 10.4. The van der Waals surface area contributed by atoms with Crippen LogP contribution in [-0.2, 0) is 19.0 Å². The Morgan fingerprint density at radius 3 is 2.29 bits per heavy atom. The molecule has 1 aromatic rings. The van der Waals surface area contributed by atoms with Crippen LogP contribution in [0.5, 0.6) is 0 Å². The summed E-state index contributed by atoms with van der Waals surface area (Å²) in [7, 11) is -3.70. The van der Waals surface area contributed by atoms with Crippen LogP contribution >= 0.6 is 0 Å². The van der Waals surface area contributed by atoms with Crippen LogP contribution in [0.3, 0.4) is 0 Å². The Morgan fingerprint density at radius 1 is 1.29 bits per heavy atom. The average Bonchev–Trinajstić information content (AvgIpc) is 2.17. The van der Waals surface area contributed by atoms with E-state index in [1.807, 2.05) is 25.1 Å². The first-order valence-corrected chi connectivity index (χ1v) is 6.33. The Hall–Kier alpha value is -1.33. The summed E-state index contributed by atoms with van der Waals surface area (Å²) in [5.74, 6) is 0. The molecule has 0 aromatic heterocycles. The fourth-order valence-corrected chi connectivity index (χ4v) is 2.51. The maximum absolute atomic E-state index is 11.9. The quantitative estimate of drug-likeness (QED) is 0.664. The van der Waals surface area contributed by atoms with E-state index in [2.05, 4.69) is 10.8 Å². The van der Waals surface area contributed by atoms with Gasteiger partial charge in [0.1, 0.15) is 4.75 Å². The first-order chi connectivity index (χ1) is 7.33.